The lowest BCUT2D eigenvalue weighted by Crippen LogP contribution is -2.03. The van der Waals surface area contributed by atoms with E-state index in [1.807, 2.05) is 36.4 Å². The van der Waals surface area contributed by atoms with Crippen molar-refractivity contribution in [1.82, 2.24) is 0 Å². The topological polar surface area (TPSA) is 57.5 Å². The minimum atomic E-state index is -0.920. The van der Waals surface area contributed by atoms with Crippen molar-refractivity contribution in [3.05, 3.63) is 89.0 Å². The first kappa shape index (κ1) is 17.7. The zero-order valence-corrected chi connectivity index (χ0v) is 14.8. The SMILES string of the molecule is CCc1ccccc1-c1ccc(CCc2ccccc2C(=O)O)c(O)c1. The van der Waals surface area contributed by atoms with E-state index in [9.17, 15) is 15.0 Å². The van der Waals surface area contributed by atoms with Gasteiger partial charge in [0.15, 0.2) is 0 Å². The van der Waals surface area contributed by atoms with Crippen LogP contribution >= 0.6 is 0 Å². The number of aromatic carboxylic acids is 1. The number of carboxylic acids is 1. The van der Waals surface area contributed by atoms with Gasteiger partial charge in [-0.15, -0.1) is 0 Å². The second-order valence-corrected chi connectivity index (χ2v) is 6.32. The van der Waals surface area contributed by atoms with Gasteiger partial charge in [-0.05, 0) is 59.2 Å². The number of phenolic OH excluding ortho intramolecular Hbond substituents is 1. The molecule has 2 N–H and O–H groups in total. The van der Waals surface area contributed by atoms with Crippen molar-refractivity contribution < 1.29 is 15.0 Å². The van der Waals surface area contributed by atoms with Gasteiger partial charge in [0.2, 0.25) is 0 Å². The minimum Gasteiger partial charge on any atom is -0.508 e. The molecule has 0 spiro atoms. The zero-order valence-electron chi connectivity index (χ0n) is 14.8. The maximum atomic E-state index is 11.3. The molecule has 3 aromatic rings. The molecule has 0 aliphatic rings. The predicted molar refractivity (Wildman–Crippen MR) is 104 cm³/mol. The number of benzene rings is 3. The smallest absolute Gasteiger partial charge is 0.335 e. The molecule has 26 heavy (non-hydrogen) atoms. The summed E-state index contributed by atoms with van der Waals surface area (Å²) < 4.78 is 0. The Kier molecular flexibility index (Phi) is 5.37. The second kappa shape index (κ2) is 7.87. The highest BCUT2D eigenvalue weighted by Gasteiger charge is 2.11. The van der Waals surface area contributed by atoms with Crippen LogP contribution in [-0.2, 0) is 19.3 Å². The maximum absolute atomic E-state index is 11.3. The highest BCUT2D eigenvalue weighted by molar-refractivity contribution is 5.89. The molecular formula is C23H22O3. The van der Waals surface area contributed by atoms with Gasteiger partial charge in [0.25, 0.3) is 0 Å². The van der Waals surface area contributed by atoms with Crippen LogP contribution in [0.3, 0.4) is 0 Å². The number of carboxylic acid groups (broad SMARTS) is 1. The molecular weight excluding hydrogens is 324 g/mol. The Labute approximate surface area is 153 Å². The molecule has 0 amide bonds. The first-order chi connectivity index (χ1) is 12.6. The van der Waals surface area contributed by atoms with Gasteiger partial charge in [-0.2, -0.15) is 0 Å². The summed E-state index contributed by atoms with van der Waals surface area (Å²) in [4.78, 5) is 11.3. The van der Waals surface area contributed by atoms with Crippen LogP contribution in [-0.4, -0.2) is 16.2 Å². The van der Waals surface area contributed by atoms with Gasteiger partial charge in [-0.3, -0.25) is 0 Å². The van der Waals surface area contributed by atoms with Crippen molar-refractivity contribution in [2.75, 3.05) is 0 Å². The molecule has 0 saturated heterocycles. The molecule has 0 atom stereocenters. The molecule has 0 aliphatic carbocycles. The number of rotatable bonds is 6. The summed E-state index contributed by atoms with van der Waals surface area (Å²) in [6.07, 6.45) is 2.09. The third kappa shape index (κ3) is 3.77. The fourth-order valence-corrected chi connectivity index (χ4v) is 3.27. The van der Waals surface area contributed by atoms with Gasteiger partial charge in [-0.25, -0.2) is 4.79 Å². The van der Waals surface area contributed by atoms with Crippen molar-refractivity contribution in [1.29, 1.82) is 0 Å². The van der Waals surface area contributed by atoms with Crippen LogP contribution in [0, 0.1) is 0 Å². The van der Waals surface area contributed by atoms with E-state index in [0.29, 0.717) is 18.4 Å². The molecule has 3 aromatic carbocycles. The summed E-state index contributed by atoms with van der Waals surface area (Å²) >= 11 is 0. The molecule has 0 heterocycles. The van der Waals surface area contributed by atoms with E-state index in [4.69, 9.17) is 0 Å². The molecule has 0 aliphatic heterocycles. The van der Waals surface area contributed by atoms with E-state index in [0.717, 1.165) is 28.7 Å². The van der Waals surface area contributed by atoms with Crippen molar-refractivity contribution in [3.8, 4) is 16.9 Å². The third-order valence-electron chi connectivity index (χ3n) is 4.71. The molecule has 3 heteroatoms. The average Bonchev–Trinajstić information content (AvgIpc) is 2.67. The lowest BCUT2D eigenvalue weighted by molar-refractivity contribution is 0.0695. The maximum Gasteiger partial charge on any atom is 0.335 e. The molecule has 132 valence electrons. The number of hydrogen-bond donors (Lipinski definition) is 2. The van der Waals surface area contributed by atoms with E-state index in [1.54, 1.807) is 18.2 Å². The summed E-state index contributed by atoms with van der Waals surface area (Å²) in [5.74, 6) is -0.669. The standard InChI is InChI=1S/C23H22O3/c1-2-16-7-3-5-9-20(16)19-14-13-18(22(24)15-19)12-11-17-8-4-6-10-21(17)23(25)26/h3-10,13-15,24H,2,11-12H2,1H3,(H,25,26). The molecule has 3 nitrogen and oxygen atoms in total. The number of aromatic hydroxyl groups is 1. The van der Waals surface area contributed by atoms with Crippen LogP contribution in [0.4, 0.5) is 0 Å². The van der Waals surface area contributed by atoms with Crippen molar-refractivity contribution in [2.45, 2.75) is 26.2 Å². The van der Waals surface area contributed by atoms with Gasteiger partial charge in [-0.1, -0.05) is 61.5 Å². The third-order valence-corrected chi connectivity index (χ3v) is 4.71. The van der Waals surface area contributed by atoms with Crippen LogP contribution in [0.2, 0.25) is 0 Å². The van der Waals surface area contributed by atoms with E-state index >= 15 is 0 Å². The monoisotopic (exact) mass is 346 g/mol. The van der Waals surface area contributed by atoms with Crippen molar-refractivity contribution in [2.24, 2.45) is 0 Å². The molecule has 0 aromatic heterocycles. The first-order valence-corrected chi connectivity index (χ1v) is 8.81. The zero-order chi connectivity index (χ0) is 18.5. The molecule has 0 unspecified atom stereocenters. The van der Waals surface area contributed by atoms with Crippen LogP contribution in [0.5, 0.6) is 5.75 Å². The average molecular weight is 346 g/mol. The summed E-state index contributed by atoms with van der Waals surface area (Å²) in [5, 5.41) is 19.7. The van der Waals surface area contributed by atoms with E-state index in [-0.39, 0.29) is 5.75 Å². The van der Waals surface area contributed by atoms with E-state index in [2.05, 4.69) is 19.1 Å². The number of hydrogen-bond acceptors (Lipinski definition) is 2. The summed E-state index contributed by atoms with van der Waals surface area (Å²) in [6, 6.07) is 20.9. The molecule has 0 saturated carbocycles. The van der Waals surface area contributed by atoms with Crippen LogP contribution in [0.1, 0.15) is 34.0 Å². The number of phenols is 1. The molecule has 0 bridgehead atoms. The van der Waals surface area contributed by atoms with Gasteiger partial charge < -0.3 is 10.2 Å². The Morgan fingerprint density at radius 3 is 2.19 bits per heavy atom. The summed E-state index contributed by atoms with van der Waals surface area (Å²) in [7, 11) is 0. The lowest BCUT2D eigenvalue weighted by Gasteiger charge is -2.11. The Morgan fingerprint density at radius 1 is 0.846 bits per heavy atom. The Balaban J connectivity index is 1.82. The van der Waals surface area contributed by atoms with E-state index < -0.39 is 5.97 Å². The van der Waals surface area contributed by atoms with Crippen LogP contribution in [0.15, 0.2) is 66.7 Å². The molecule has 0 radical (unpaired) electrons. The Morgan fingerprint density at radius 2 is 1.50 bits per heavy atom. The highest BCUT2D eigenvalue weighted by Crippen LogP contribution is 2.30. The Bertz CT molecular complexity index is 928. The quantitative estimate of drug-likeness (QED) is 0.652. The Hall–Kier alpha value is -3.07. The predicted octanol–water partition coefficient (Wildman–Crippen LogP) is 5.11. The number of carbonyl (C=O) groups is 1. The minimum absolute atomic E-state index is 0.251. The van der Waals surface area contributed by atoms with Crippen molar-refractivity contribution in [3.63, 3.8) is 0 Å². The fraction of sp³-hybridized carbons (Fsp3) is 0.174. The van der Waals surface area contributed by atoms with Gasteiger partial charge in [0.05, 0.1) is 5.56 Å². The number of aryl methyl sites for hydroxylation is 3. The molecule has 3 rings (SSSR count). The van der Waals surface area contributed by atoms with Crippen molar-refractivity contribution >= 4 is 5.97 Å². The molecule has 0 fully saturated rings. The first-order valence-electron chi connectivity index (χ1n) is 8.81. The van der Waals surface area contributed by atoms with Gasteiger partial charge in [0.1, 0.15) is 5.75 Å². The highest BCUT2D eigenvalue weighted by atomic mass is 16.4. The van der Waals surface area contributed by atoms with E-state index in [1.165, 1.54) is 5.56 Å². The van der Waals surface area contributed by atoms with Gasteiger partial charge in [0, 0.05) is 0 Å². The van der Waals surface area contributed by atoms with Crippen LogP contribution in [0.25, 0.3) is 11.1 Å². The lowest BCUT2D eigenvalue weighted by atomic mass is 9.95. The fourth-order valence-electron chi connectivity index (χ4n) is 3.27. The van der Waals surface area contributed by atoms with Crippen LogP contribution < -0.4 is 0 Å². The van der Waals surface area contributed by atoms with Gasteiger partial charge >= 0.3 is 5.97 Å². The normalized spacial score (nSPS) is 10.7. The second-order valence-electron chi connectivity index (χ2n) is 6.32. The largest absolute Gasteiger partial charge is 0.508 e. The summed E-state index contributed by atoms with van der Waals surface area (Å²) in [5.41, 5.74) is 5.29. The summed E-state index contributed by atoms with van der Waals surface area (Å²) in [6.45, 7) is 2.12.